The van der Waals surface area contributed by atoms with Crippen LogP contribution in [0.2, 0.25) is 0 Å². The van der Waals surface area contributed by atoms with E-state index in [1.165, 1.54) is 5.56 Å². The molecule has 2 aromatic rings. The van der Waals surface area contributed by atoms with Crippen molar-refractivity contribution >= 4 is 23.2 Å². The van der Waals surface area contributed by atoms with E-state index in [1.54, 1.807) is 29.2 Å². The molecule has 1 aliphatic heterocycles. The zero-order valence-electron chi connectivity index (χ0n) is 15.8. The molecule has 5 heteroatoms. The number of benzene rings is 2. The average Bonchev–Trinajstić information content (AvgIpc) is 3.03. The highest BCUT2D eigenvalue weighted by molar-refractivity contribution is 6.03. The molecule has 2 amide bonds. The van der Waals surface area contributed by atoms with Gasteiger partial charge in [0.05, 0.1) is 17.2 Å². The van der Waals surface area contributed by atoms with Crippen LogP contribution in [0.3, 0.4) is 0 Å². The maximum absolute atomic E-state index is 12.6. The van der Waals surface area contributed by atoms with Gasteiger partial charge in [-0.1, -0.05) is 45.0 Å². The molecule has 1 unspecified atom stereocenters. The van der Waals surface area contributed by atoms with Gasteiger partial charge in [0.1, 0.15) is 6.07 Å². The number of nitrogens with one attached hydrogen (secondary N) is 1. The van der Waals surface area contributed by atoms with E-state index < -0.39 is 5.92 Å². The van der Waals surface area contributed by atoms with E-state index in [0.29, 0.717) is 17.8 Å². The monoisotopic (exact) mass is 361 g/mol. The van der Waals surface area contributed by atoms with Crippen LogP contribution < -0.4 is 10.2 Å². The van der Waals surface area contributed by atoms with Gasteiger partial charge in [0.25, 0.3) is 0 Å². The summed E-state index contributed by atoms with van der Waals surface area (Å²) in [6.45, 7) is 6.77. The Balaban J connectivity index is 1.72. The van der Waals surface area contributed by atoms with Crippen molar-refractivity contribution in [3.63, 3.8) is 0 Å². The zero-order valence-corrected chi connectivity index (χ0v) is 15.8. The highest BCUT2D eigenvalue weighted by Crippen LogP contribution is 2.29. The molecule has 1 fully saturated rings. The number of carbonyl (C=O) groups is 2. The molecule has 1 saturated heterocycles. The van der Waals surface area contributed by atoms with Crippen molar-refractivity contribution < 1.29 is 9.59 Å². The minimum Gasteiger partial charge on any atom is -0.325 e. The summed E-state index contributed by atoms with van der Waals surface area (Å²) in [7, 11) is 0. The molecule has 2 aromatic carbocycles. The van der Waals surface area contributed by atoms with Gasteiger partial charge in [0, 0.05) is 18.7 Å². The van der Waals surface area contributed by atoms with E-state index in [2.05, 4.69) is 32.2 Å². The van der Waals surface area contributed by atoms with Gasteiger partial charge in [-0.2, -0.15) is 5.26 Å². The van der Waals surface area contributed by atoms with Crippen molar-refractivity contribution in [2.75, 3.05) is 16.8 Å². The number of rotatable bonds is 3. The van der Waals surface area contributed by atoms with Crippen molar-refractivity contribution in [3.8, 4) is 6.07 Å². The molecule has 3 rings (SSSR count). The lowest BCUT2D eigenvalue weighted by atomic mass is 9.87. The summed E-state index contributed by atoms with van der Waals surface area (Å²) in [5.41, 5.74) is 2.93. The molecule has 0 bridgehead atoms. The molecule has 1 heterocycles. The second-order valence-electron chi connectivity index (χ2n) is 7.85. The van der Waals surface area contributed by atoms with Crippen LogP contribution in [0.1, 0.15) is 38.3 Å². The Morgan fingerprint density at radius 3 is 2.44 bits per heavy atom. The molecular formula is C22H23N3O2. The molecule has 27 heavy (non-hydrogen) atoms. The second-order valence-corrected chi connectivity index (χ2v) is 7.85. The minimum absolute atomic E-state index is 0.0457. The predicted molar refractivity (Wildman–Crippen MR) is 105 cm³/mol. The van der Waals surface area contributed by atoms with Crippen LogP contribution in [-0.4, -0.2) is 18.4 Å². The molecule has 0 aromatic heterocycles. The number of para-hydroxylation sites is 1. The second kappa shape index (κ2) is 7.24. The standard InChI is InChI=1S/C22H23N3O2/c1-22(2,3)17-8-10-18(11-9-17)25-14-16(12-20(25)26)21(27)24-19-7-5-4-6-15(19)13-23/h4-11,16H,12,14H2,1-3H3,(H,24,27). The molecule has 1 N–H and O–H groups in total. The molecule has 1 atom stereocenters. The Kier molecular flexibility index (Phi) is 5.00. The van der Waals surface area contributed by atoms with Gasteiger partial charge in [0.2, 0.25) is 11.8 Å². The molecule has 5 nitrogen and oxygen atoms in total. The summed E-state index contributed by atoms with van der Waals surface area (Å²) in [5, 5.41) is 11.9. The number of hydrogen-bond acceptors (Lipinski definition) is 3. The number of carbonyl (C=O) groups excluding carboxylic acids is 2. The van der Waals surface area contributed by atoms with Crippen LogP contribution in [0.15, 0.2) is 48.5 Å². The number of nitriles is 1. The lowest BCUT2D eigenvalue weighted by Crippen LogP contribution is -2.28. The normalized spacial score (nSPS) is 16.9. The van der Waals surface area contributed by atoms with Gasteiger partial charge in [0.15, 0.2) is 0 Å². The predicted octanol–water partition coefficient (Wildman–Crippen LogP) is 3.85. The van der Waals surface area contributed by atoms with E-state index in [0.717, 1.165) is 5.69 Å². The van der Waals surface area contributed by atoms with Crippen molar-refractivity contribution in [2.24, 2.45) is 5.92 Å². The van der Waals surface area contributed by atoms with Crippen LogP contribution >= 0.6 is 0 Å². The summed E-state index contributed by atoms with van der Waals surface area (Å²) >= 11 is 0. The number of amides is 2. The smallest absolute Gasteiger partial charge is 0.229 e. The molecule has 0 aliphatic carbocycles. The Labute approximate surface area is 159 Å². The summed E-state index contributed by atoms with van der Waals surface area (Å²) in [5.74, 6) is -0.737. The molecule has 138 valence electrons. The average molecular weight is 361 g/mol. The fourth-order valence-electron chi connectivity index (χ4n) is 3.20. The fraction of sp³-hybridized carbons (Fsp3) is 0.318. The Hall–Kier alpha value is -3.13. The first kappa shape index (κ1) is 18.7. The zero-order chi connectivity index (χ0) is 19.6. The highest BCUT2D eigenvalue weighted by atomic mass is 16.2. The first-order valence-corrected chi connectivity index (χ1v) is 9.00. The van der Waals surface area contributed by atoms with Gasteiger partial charge >= 0.3 is 0 Å². The third-order valence-corrected chi connectivity index (χ3v) is 4.85. The highest BCUT2D eigenvalue weighted by Gasteiger charge is 2.35. The summed E-state index contributed by atoms with van der Waals surface area (Å²) in [6, 6.07) is 16.8. The van der Waals surface area contributed by atoms with E-state index in [1.807, 2.05) is 24.3 Å². The van der Waals surface area contributed by atoms with Crippen LogP contribution in [0, 0.1) is 17.2 Å². The lowest BCUT2D eigenvalue weighted by Gasteiger charge is -2.21. The van der Waals surface area contributed by atoms with Crippen LogP contribution in [0.25, 0.3) is 0 Å². The van der Waals surface area contributed by atoms with Crippen molar-refractivity contribution in [1.29, 1.82) is 5.26 Å². The van der Waals surface area contributed by atoms with Gasteiger partial charge in [-0.05, 0) is 35.2 Å². The molecule has 0 spiro atoms. The van der Waals surface area contributed by atoms with E-state index in [9.17, 15) is 9.59 Å². The first-order chi connectivity index (χ1) is 12.8. The van der Waals surface area contributed by atoms with Crippen LogP contribution in [0.5, 0.6) is 0 Å². The van der Waals surface area contributed by atoms with Crippen LogP contribution in [0.4, 0.5) is 11.4 Å². The van der Waals surface area contributed by atoms with Crippen molar-refractivity contribution in [1.82, 2.24) is 0 Å². The van der Waals surface area contributed by atoms with Gasteiger partial charge in [-0.15, -0.1) is 0 Å². The van der Waals surface area contributed by atoms with E-state index in [4.69, 9.17) is 5.26 Å². The van der Waals surface area contributed by atoms with Gasteiger partial charge < -0.3 is 10.2 Å². The molecular weight excluding hydrogens is 338 g/mol. The Morgan fingerprint density at radius 2 is 1.81 bits per heavy atom. The fourth-order valence-corrected chi connectivity index (χ4v) is 3.20. The third kappa shape index (κ3) is 4.01. The van der Waals surface area contributed by atoms with Gasteiger partial charge in [-0.25, -0.2) is 0 Å². The molecule has 1 aliphatic rings. The topological polar surface area (TPSA) is 73.2 Å². The van der Waals surface area contributed by atoms with Crippen molar-refractivity contribution in [3.05, 3.63) is 59.7 Å². The number of nitrogens with zero attached hydrogens (tertiary/aromatic N) is 2. The summed E-state index contributed by atoms with van der Waals surface area (Å²) in [6.07, 6.45) is 0.168. The third-order valence-electron chi connectivity index (χ3n) is 4.85. The molecule has 0 saturated carbocycles. The summed E-state index contributed by atoms with van der Waals surface area (Å²) < 4.78 is 0. The largest absolute Gasteiger partial charge is 0.325 e. The van der Waals surface area contributed by atoms with Crippen LogP contribution in [-0.2, 0) is 15.0 Å². The Morgan fingerprint density at radius 1 is 1.15 bits per heavy atom. The Bertz CT molecular complexity index is 904. The maximum atomic E-state index is 12.6. The number of hydrogen-bond donors (Lipinski definition) is 1. The lowest BCUT2D eigenvalue weighted by molar-refractivity contribution is -0.122. The van der Waals surface area contributed by atoms with Crippen molar-refractivity contribution in [2.45, 2.75) is 32.6 Å². The number of anilines is 2. The first-order valence-electron chi connectivity index (χ1n) is 9.00. The quantitative estimate of drug-likeness (QED) is 0.902. The SMILES string of the molecule is CC(C)(C)c1ccc(N2CC(C(=O)Nc3ccccc3C#N)CC2=O)cc1. The van der Waals surface area contributed by atoms with E-state index in [-0.39, 0.29) is 23.7 Å². The van der Waals surface area contributed by atoms with E-state index >= 15 is 0 Å². The molecule has 0 radical (unpaired) electrons. The maximum Gasteiger partial charge on any atom is 0.229 e. The minimum atomic E-state index is -0.438. The van der Waals surface area contributed by atoms with Gasteiger partial charge in [-0.3, -0.25) is 9.59 Å². The summed E-state index contributed by atoms with van der Waals surface area (Å²) in [4.78, 5) is 26.7.